The van der Waals surface area contributed by atoms with E-state index in [2.05, 4.69) is 0 Å². The summed E-state index contributed by atoms with van der Waals surface area (Å²) >= 11 is 5.79. The zero-order valence-electron chi connectivity index (χ0n) is 25.2. The van der Waals surface area contributed by atoms with Gasteiger partial charge in [0, 0.05) is 39.0 Å². The average Bonchev–Trinajstić information content (AvgIpc) is 2.93. The number of allylic oxidation sites excluding steroid dienone is 3. The largest absolute Gasteiger partial charge is 0.444 e. The fourth-order valence-electron chi connectivity index (χ4n) is 3.39. The molecule has 1 fully saturated rings. The lowest BCUT2D eigenvalue weighted by molar-refractivity contribution is -0.205. The van der Waals surface area contributed by atoms with Gasteiger partial charge in [0.25, 0.3) is 0 Å². The van der Waals surface area contributed by atoms with Gasteiger partial charge in [0.2, 0.25) is 0 Å². The molecule has 40 heavy (non-hydrogen) atoms. The number of nitrogens with zero attached hydrogens (tertiary/aromatic N) is 3. The third-order valence-corrected chi connectivity index (χ3v) is 5.50. The highest BCUT2D eigenvalue weighted by Crippen LogP contribution is 2.20. The van der Waals surface area contributed by atoms with Gasteiger partial charge in [-0.2, -0.15) is 5.26 Å². The second-order valence-corrected chi connectivity index (χ2v) is 10.0. The van der Waals surface area contributed by atoms with E-state index in [1.54, 1.807) is 18.0 Å². The monoisotopic (exact) mass is 583 g/mol. The summed E-state index contributed by atoms with van der Waals surface area (Å²) in [5.41, 5.74) is 11.9. The third kappa shape index (κ3) is 14.4. The Bertz CT molecular complexity index is 999. The second kappa shape index (κ2) is 19.1. The van der Waals surface area contributed by atoms with Gasteiger partial charge >= 0.3 is 6.09 Å². The summed E-state index contributed by atoms with van der Waals surface area (Å²) in [5.74, 6) is -0.168. The van der Waals surface area contributed by atoms with Gasteiger partial charge < -0.3 is 35.5 Å². The molecule has 0 saturated carbocycles. The number of hydrogen-bond acceptors (Lipinski definition) is 8. The number of carbonyl (C=O) groups is 1. The van der Waals surface area contributed by atoms with Crippen LogP contribution >= 0.6 is 11.6 Å². The summed E-state index contributed by atoms with van der Waals surface area (Å²) in [6.45, 7) is 15.5. The molecule has 1 aliphatic rings. The first kappa shape index (κ1) is 37.0. The Kier molecular flexibility index (Phi) is 17.7. The van der Waals surface area contributed by atoms with Gasteiger partial charge in [0.1, 0.15) is 23.2 Å². The maximum atomic E-state index is 13.9. The quantitative estimate of drug-likeness (QED) is 0.278. The van der Waals surface area contributed by atoms with Crippen LogP contribution in [0.15, 0.2) is 41.9 Å². The minimum absolute atomic E-state index is 0.0102. The zero-order valence-corrected chi connectivity index (χ0v) is 25.9. The summed E-state index contributed by atoms with van der Waals surface area (Å²) in [5, 5.41) is 8.90. The molecule has 0 atom stereocenters. The molecule has 1 heterocycles. The van der Waals surface area contributed by atoms with Crippen molar-refractivity contribution < 1.29 is 23.4 Å². The van der Waals surface area contributed by atoms with Crippen LogP contribution in [0.3, 0.4) is 0 Å². The van der Waals surface area contributed by atoms with Crippen molar-refractivity contribution in [3.63, 3.8) is 0 Å². The highest BCUT2D eigenvalue weighted by Gasteiger charge is 2.27. The Morgan fingerprint density at radius 1 is 1.20 bits per heavy atom. The van der Waals surface area contributed by atoms with Crippen molar-refractivity contribution >= 4 is 17.7 Å². The first-order valence-electron chi connectivity index (χ1n) is 13.6. The van der Waals surface area contributed by atoms with Crippen molar-refractivity contribution in [1.29, 1.82) is 5.26 Å². The molecule has 226 valence electrons. The van der Waals surface area contributed by atoms with Crippen LogP contribution in [0, 0.1) is 23.1 Å². The molecule has 1 amide bonds. The van der Waals surface area contributed by atoms with Crippen molar-refractivity contribution in [3.05, 3.63) is 58.3 Å². The van der Waals surface area contributed by atoms with Crippen LogP contribution < -0.4 is 11.5 Å². The average molecular weight is 584 g/mol. The molecule has 4 N–H and O–H groups in total. The number of hydrogen-bond donors (Lipinski definition) is 2. The van der Waals surface area contributed by atoms with E-state index in [-0.39, 0.29) is 16.6 Å². The molecule has 11 heteroatoms. The van der Waals surface area contributed by atoms with E-state index in [0.29, 0.717) is 50.7 Å². The van der Waals surface area contributed by atoms with Gasteiger partial charge in [-0.15, -0.1) is 0 Å². The Labute approximate surface area is 244 Å². The van der Waals surface area contributed by atoms with E-state index in [1.165, 1.54) is 29.2 Å². The minimum atomic E-state index is -0.563. The molecule has 2 rings (SSSR count). The van der Waals surface area contributed by atoms with Gasteiger partial charge in [-0.3, -0.25) is 0 Å². The molecule has 0 radical (unpaired) electrons. The van der Waals surface area contributed by atoms with Crippen LogP contribution in [0.4, 0.5) is 9.18 Å². The molecule has 0 aromatic heterocycles. The molecule has 1 saturated heterocycles. The molecule has 0 spiro atoms. The zero-order chi connectivity index (χ0) is 30.9. The molecule has 0 unspecified atom stereocenters. The normalized spacial score (nSPS) is 17.3. The molecular weight excluding hydrogens is 537 g/mol. The number of benzene rings is 1. The van der Waals surface area contributed by atoms with Crippen LogP contribution in [0.5, 0.6) is 0 Å². The molecule has 0 aliphatic carbocycles. The Balaban J connectivity index is 0.00000363. The highest BCUT2D eigenvalue weighted by atomic mass is 35.5. The predicted molar refractivity (Wildman–Crippen MR) is 157 cm³/mol. The molecule has 1 aliphatic heterocycles. The summed E-state index contributed by atoms with van der Waals surface area (Å²) in [7, 11) is 1.68. The van der Waals surface area contributed by atoms with E-state index < -0.39 is 23.8 Å². The number of ether oxygens (including phenoxy) is 3. The number of carbonyl (C=O) groups excluding carboxylic acids is 1. The first-order valence-corrected chi connectivity index (χ1v) is 13.9. The molecule has 1 aromatic carbocycles. The smallest absolute Gasteiger partial charge is 0.410 e. The van der Waals surface area contributed by atoms with Gasteiger partial charge in [-0.05, 0) is 50.6 Å². The predicted octanol–water partition coefficient (Wildman–Crippen LogP) is 5.75. The van der Waals surface area contributed by atoms with E-state index in [1.807, 2.05) is 54.5 Å². The summed E-state index contributed by atoms with van der Waals surface area (Å²) in [4.78, 5) is 15.5. The molecule has 0 bridgehead atoms. The van der Waals surface area contributed by atoms with Crippen LogP contribution in [0.1, 0.15) is 60.5 Å². The lowest BCUT2D eigenvalue weighted by atomic mass is 10.1. The van der Waals surface area contributed by atoms with E-state index in [4.69, 9.17) is 42.5 Å². The number of rotatable bonds is 9. The van der Waals surface area contributed by atoms with Crippen LogP contribution in [-0.2, 0) is 20.8 Å². The van der Waals surface area contributed by atoms with Gasteiger partial charge in [-0.25, -0.2) is 9.18 Å². The van der Waals surface area contributed by atoms with Crippen LogP contribution in [0.25, 0.3) is 0 Å². The van der Waals surface area contributed by atoms with Crippen LogP contribution in [-0.4, -0.2) is 61.1 Å². The first-order chi connectivity index (χ1) is 18.9. The van der Waals surface area contributed by atoms with Crippen molar-refractivity contribution in [2.45, 2.75) is 73.3 Å². The van der Waals surface area contributed by atoms with Gasteiger partial charge in [0.05, 0.1) is 24.1 Å². The maximum absolute atomic E-state index is 13.9. The number of nitriles is 1. The summed E-state index contributed by atoms with van der Waals surface area (Å²) in [6.07, 6.45) is 2.55. The van der Waals surface area contributed by atoms with E-state index in [0.717, 1.165) is 0 Å². The van der Waals surface area contributed by atoms with Crippen LogP contribution in [0.2, 0.25) is 5.02 Å². The van der Waals surface area contributed by atoms with Crippen molar-refractivity contribution in [3.8, 4) is 6.07 Å². The Morgan fingerprint density at radius 2 is 1.80 bits per heavy atom. The van der Waals surface area contributed by atoms with Crippen molar-refractivity contribution in [2.75, 3.05) is 33.4 Å². The maximum Gasteiger partial charge on any atom is 0.410 e. The summed E-state index contributed by atoms with van der Waals surface area (Å²) < 4.78 is 31.0. The van der Waals surface area contributed by atoms with E-state index >= 15 is 0 Å². The fourth-order valence-corrected chi connectivity index (χ4v) is 3.51. The Morgan fingerprint density at radius 3 is 2.33 bits per heavy atom. The number of nitrogens with two attached hydrogens (primary N) is 2. The lowest BCUT2D eigenvalue weighted by Crippen LogP contribution is -2.42. The van der Waals surface area contributed by atoms with Gasteiger partial charge in [0.15, 0.2) is 6.29 Å². The number of halogens is 2. The highest BCUT2D eigenvalue weighted by molar-refractivity contribution is 6.30. The number of amides is 1. The lowest BCUT2D eigenvalue weighted by Gasteiger charge is -2.33. The molecule has 1 aromatic rings. The molecule has 9 nitrogen and oxygen atoms in total. The SMILES string of the molecule is CC.CC.CN(CC1COC(CCN(Cc2ccc(Cl)c(F)c2)/C(N)=C/C=C(\N)C#N)OC1)C(=O)OC(C)(C)C. The van der Waals surface area contributed by atoms with Crippen molar-refractivity contribution in [2.24, 2.45) is 17.4 Å². The topological polar surface area (TPSA) is 127 Å². The minimum Gasteiger partial charge on any atom is -0.444 e. The standard InChI is InChI=1S/C25H35ClFN5O4.2C2H6/c1-25(2,3)36-24(33)31(4)13-18-15-34-23(35-16-18)9-10-32(22(30)8-6-19(29)12-28)14-17-5-7-20(26)21(27)11-17;2*1-2/h5-8,11,18,23H,9-10,13-16,29-30H2,1-4H3;2*1-2H3/b19-6-,22-8+;;. The van der Waals surface area contributed by atoms with E-state index in [9.17, 15) is 9.18 Å². The second-order valence-electron chi connectivity index (χ2n) is 9.61. The Hall–Kier alpha value is -3.00. The van der Waals surface area contributed by atoms with Gasteiger partial charge in [-0.1, -0.05) is 45.4 Å². The fraction of sp³-hybridized carbons (Fsp3) is 0.586. The molecular formula is C29H47ClFN5O4. The van der Waals surface area contributed by atoms with Crippen molar-refractivity contribution in [1.82, 2.24) is 9.80 Å². The summed E-state index contributed by atoms with van der Waals surface area (Å²) in [6, 6.07) is 6.37. The third-order valence-electron chi connectivity index (χ3n) is 5.19.